The molecule has 0 spiro atoms. The first-order valence-corrected chi connectivity index (χ1v) is 11.1. The number of nitrogens with one attached hydrogen (secondary N) is 2. The molecule has 2 N–H and O–H groups in total. The van der Waals surface area contributed by atoms with Crippen molar-refractivity contribution in [3.8, 4) is 0 Å². The summed E-state index contributed by atoms with van der Waals surface area (Å²) >= 11 is 7.61. The van der Waals surface area contributed by atoms with Gasteiger partial charge in [-0.25, -0.2) is 4.79 Å². The van der Waals surface area contributed by atoms with E-state index in [2.05, 4.69) is 16.4 Å². The van der Waals surface area contributed by atoms with Gasteiger partial charge in [0.15, 0.2) is 0 Å². The van der Waals surface area contributed by atoms with Crippen LogP contribution in [0.25, 0.3) is 10.9 Å². The monoisotopic (exact) mass is 451 g/mol. The van der Waals surface area contributed by atoms with E-state index in [1.165, 1.54) is 0 Å². The summed E-state index contributed by atoms with van der Waals surface area (Å²) in [6.07, 6.45) is 0. The standard InChI is InChI=1S/C24H22ClN3O2S/c1-15-9-17-11-18(23(29)27-22(17)10-16(15)2)13-28(14-21-7-4-8-31-21)24(30)26-20-6-3-5-19(25)12-20/h3-12H,13-14H2,1-2H3,(H,26,30)(H,27,29). The number of amides is 2. The summed E-state index contributed by atoms with van der Waals surface area (Å²) in [4.78, 5) is 31.5. The Balaban J connectivity index is 1.65. The number of hydrogen-bond donors (Lipinski definition) is 2. The number of carbonyl (C=O) groups excluding carboxylic acids is 1. The van der Waals surface area contributed by atoms with Crippen LogP contribution < -0.4 is 10.9 Å². The highest BCUT2D eigenvalue weighted by molar-refractivity contribution is 7.09. The molecular formula is C24H22ClN3O2S. The van der Waals surface area contributed by atoms with Crippen molar-refractivity contribution in [1.82, 2.24) is 9.88 Å². The Hall–Kier alpha value is -3.09. The lowest BCUT2D eigenvalue weighted by molar-refractivity contribution is 0.207. The summed E-state index contributed by atoms with van der Waals surface area (Å²) in [7, 11) is 0. The number of benzene rings is 2. The second-order valence-electron chi connectivity index (χ2n) is 7.52. The molecule has 0 aliphatic carbocycles. The number of hydrogen-bond acceptors (Lipinski definition) is 3. The Morgan fingerprint density at radius 2 is 1.87 bits per heavy atom. The second kappa shape index (κ2) is 8.96. The molecule has 0 bridgehead atoms. The predicted molar refractivity (Wildman–Crippen MR) is 128 cm³/mol. The number of pyridine rings is 1. The number of nitrogens with zero attached hydrogens (tertiary/aromatic N) is 1. The molecule has 31 heavy (non-hydrogen) atoms. The number of anilines is 1. The first kappa shape index (κ1) is 21.2. The van der Waals surface area contributed by atoms with Crippen LogP contribution in [0.2, 0.25) is 5.02 Å². The van der Waals surface area contributed by atoms with Gasteiger partial charge in [0.1, 0.15) is 0 Å². The van der Waals surface area contributed by atoms with Crippen molar-refractivity contribution in [3.05, 3.63) is 96.9 Å². The summed E-state index contributed by atoms with van der Waals surface area (Å²) in [5, 5.41) is 6.34. The van der Waals surface area contributed by atoms with E-state index in [0.29, 0.717) is 22.8 Å². The summed E-state index contributed by atoms with van der Waals surface area (Å²) in [5.41, 5.74) is 4.02. The summed E-state index contributed by atoms with van der Waals surface area (Å²) in [6.45, 7) is 4.64. The molecule has 0 radical (unpaired) electrons. The third kappa shape index (κ3) is 4.98. The Morgan fingerprint density at radius 3 is 2.61 bits per heavy atom. The van der Waals surface area contributed by atoms with Crippen molar-refractivity contribution in [1.29, 1.82) is 0 Å². The fraction of sp³-hybridized carbons (Fsp3) is 0.167. The fourth-order valence-electron chi connectivity index (χ4n) is 3.40. The quantitative estimate of drug-likeness (QED) is 0.385. The maximum Gasteiger partial charge on any atom is 0.322 e. The summed E-state index contributed by atoms with van der Waals surface area (Å²) < 4.78 is 0. The van der Waals surface area contributed by atoms with Crippen LogP contribution >= 0.6 is 22.9 Å². The zero-order valence-corrected chi connectivity index (χ0v) is 18.8. The normalized spacial score (nSPS) is 10.9. The molecule has 5 nitrogen and oxygen atoms in total. The zero-order chi connectivity index (χ0) is 22.0. The van der Waals surface area contributed by atoms with Gasteiger partial charge in [-0.05, 0) is 78.2 Å². The van der Waals surface area contributed by atoms with E-state index in [1.807, 2.05) is 43.5 Å². The Bertz CT molecular complexity index is 1300. The number of carbonyl (C=O) groups is 1. The van der Waals surface area contributed by atoms with E-state index in [1.54, 1.807) is 40.5 Å². The second-order valence-corrected chi connectivity index (χ2v) is 8.99. The largest absolute Gasteiger partial charge is 0.322 e. The third-order valence-electron chi connectivity index (χ3n) is 5.19. The van der Waals surface area contributed by atoms with Crippen LogP contribution in [0.15, 0.2) is 64.8 Å². The molecule has 4 aromatic rings. The van der Waals surface area contributed by atoms with Crippen LogP contribution in [0.3, 0.4) is 0 Å². The Labute approximate surface area is 189 Å². The summed E-state index contributed by atoms with van der Waals surface area (Å²) in [6, 6.07) is 16.5. The van der Waals surface area contributed by atoms with Crippen molar-refractivity contribution < 1.29 is 4.79 Å². The molecular weight excluding hydrogens is 430 g/mol. The van der Waals surface area contributed by atoms with Crippen molar-refractivity contribution in [2.24, 2.45) is 0 Å². The van der Waals surface area contributed by atoms with Gasteiger partial charge in [0.2, 0.25) is 0 Å². The van der Waals surface area contributed by atoms with E-state index < -0.39 is 0 Å². The first-order chi connectivity index (χ1) is 14.9. The fourth-order valence-corrected chi connectivity index (χ4v) is 4.31. The number of thiophene rings is 1. The maximum atomic E-state index is 13.1. The highest BCUT2D eigenvalue weighted by Crippen LogP contribution is 2.20. The van der Waals surface area contributed by atoms with Crippen LogP contribution in [0.1, 0.15) is 21.6 Å². The molecule has 4 rings (SSSR count). The lowest BCUT2D eigenvalue weighted by Crippen LogP contribution is -2.35. The molecule has 2 aromatic heterocycles. The third-order valence-corrected chi connectivity index (χ3v) is 6.28. The van der Waals surface area contributed by atoms with Crippen LogP contribution in [-0.2, 0) is 13.1 Å². The molecule has 2 amide bonds. The number of urea groups is 1. The number of aryl methyl sites for hydroxylation is 2. The minimum absolute atomic E-state index is 0.183. The van der Waals surface area contributed by atoms with Crippen LogP contribution in [0.4, 0.5) is 10.5 Å². The van der Waals surface area contributed by atoms with E-state index in [4.69, 9.17) is 11.6 Å². The van der Waals surface area contributed by atoms with Gasteiger partial charge in [-0.1, -0.05) is 23.7 Å². The molecule has 7 heteroatoms. The van der Waals surface area contributed by atoms with E-state index in [0.717, 1.165) is 26.9 Å². The molecule has 0 fully saturated rings. The minimum Gasteiger partial charge on any atom is -0.322 e. The smallest absolute Gasteiger partial charge is 0.322 e. The molecule has 0 unspecified atom stereocenters. The zero-order valence-electron chi connectivity index (χ0n) is 17.2. The van der Waals surface area contributed by atoms with Crippen molar-refractivity contribution in [2.45, 2.75) is 26.9 Å². The van der Waals surface area contributed by atoms with Gasteiger partial charge in [-0.3, -0.25) is 4.79 Å². The van der Waals surface area contributed by atoms with Crippen LogP contribution in [-0.4, -0.2) is 15.9 Å². The number of aromatic amines is 1. The Morgan fingerprint density at radius 1 is 1.06 bits per heavy atom. The van der Waals surface area contributed by atoms with Gasteiger partial charge in [-0.2, -0.15) is 0 Å². The minimum atomic E-state index is -0.296. The number of aromatic nitrogens is 1. The lowest BCUT2D eigenvalue weighted by Gasteiger charge is -2.23. The topological polar surface area (TPSA) is 65.2 Å². The average Bonchev–Trinajstić information content (AvgIpc) is 3.23. The first-order valence-electron chi connectivity index (χ1n) is 9.86. The predicted octanol–water partition coefficient (Wildman–Crippen LogP) is 6.09. The van der Waals surface area contributed by atoms with Gasteiger partial charge in [0.25, 0.3) is 5.56 Å². The molecule has 2 aromatic carbocycles. The summed E-state index contributed by atoms with van der Waals surface area (Å²) in [5.74, 6) is 0. The van der Waals surface area contributed by atoms with Gasteiger partial charge >= 0.3 is 6.03 Å². The van der Waals surface area contributed by atoms with Crippen molar-refractivity contribution >= 4 is 45.6 Å². The van der Waals surface area contributed by atoms with Crippen molar-refractivity contribution in [2.75, 3.05) is 5.32 Å². The van der Waals surface area contributed by atoms with Gasteiger partial charge < -0.3 is 15.2 Å². The van der Waals surface area contributed by atoms with Gasteiger partial charge in [-0.15, -0.1) is 11.3 Å². The molecule has 158 valence electrons. The maximum absolute atomic E-state index is 13.1. The lowest BCUT2D eigenvalue weighted by atomic mass is 10.0. The van der Waals surface area contributed by atoms with E-state index in [-0.39, 0.29) is 18.1 Å². The van der Waals surface area contributed by atoms with Crippen LogP contribution in [0.5, 0.6) is 0 Å². The molecule has 2 heterocycles. The van der Waals surface area contributed by atoms with E-state index in [9.17, 15) is 9.59 Å². The number of fused-ring (bicyclic) bond motifs is 1. The molecule has 0 aliphatic heterocycles. The average molecular weight is 452 g/mol. The number of H-pyrrole nitrogens is 1. The Kier molecular flexibility index (Phi) is 6.11. The van der Waals surface area contributed by atoms with Crippen molar-refractivity contribution in [3.63, 3.8) is 0 Å². The SMILES string of the molecule is Cc1cc2cc(CN(Cc3cccs3)C(=O)Nc3cccc(Cl)c3)c(=O)[nH]c2cc1C. The van der Waals surface area contributed by atoms with E-state index >= 15 is 0 Å². The highest BCUT2D eigenvalue weighted by Gasteiger charge is 2.18. The van der Waals surface area contributed by atoms with Crippen LogP contribution in [0, 0.1) is 13.8 Å². The van der Waals surface area contributed by atoms with Gasteiger partial charge in [0, 0.05) is 26.7 Å². The molecule has 0 saturated heterocycles. The number of rotatable bonds is 5. The molecule has 0 atom stereocenters. The number of halogens is 1. The molecule has 0 saturated carbocycles. The molecule has 0 aliphatic rings. The van der Waals surface area contributed by atoms with Gasteiger partial charge in [0.05, 0.1) is 13.1 Å². The highest BCUT2D eigenvalue weighted by atomic mass is 35.5.